The Balaban J connectivity index is 2.26. The van der Waals surface area contributed by atoms with Gasteiger partial charge >= 0.3 is 6.09 Å². The van der Waals surface area contributed by atoms with Crippen molar-refractivity contribution in [2.24, 2.45) is 0 Å². The smallest absolute Gasteiger partial charge is 0.407 e. The molecule has 1 atom stereocenters. The number of amides is 2. The Morgan fingerprint density at radius 2 is 2.22 bits per heavy atom. The van der Waals surface area contributed by atoms with E-state index in [2.05, 4.69) is 25.3 Å². The number of nitrogens with zero attached hydrogens (tertiary/aromatic N) is 2. The highest BCUT2D eigenvalue weighted by Crippen LogP contribution is 1.91. The van der Waals surface area contributed by atoms with E-state index in [-0.39, 0.29) is 5.91 Å². The zero-order valence-corrected chi connectivity index (χ0v) is 10.3. The van der Waals surface area contributed by atoms with E-state index in [0.717, 1.165) is 5.69 Å². The van der Waals surface area contributed by atoms with Gasteiger partial charge in [0, 0.05) is 31.6 Å². The summed E-state index contributed by atoms with van der Waals surface area (Å²) in [6.45, 7) is 2.01. The maximum atomic E-state index is 11.6. The van der Waals surface area contributed by atoms with Gasteiger partial charge in [0.15, 0.2) is 0 Å². The van der Waals surface area contributed by atoms with Crippen LogP contribution in [0.4, 0.5) is 4.79 Å². The van der Waals surface area contributed by atoms with E-state index < -0.39 is 12.1 Å². The Bertz CT molecular complexity index is 397. The van der Waals surface area contributed by atoms with Crippen LogP contribution in [-0.4, -0.2) is 41.7 Å². The summed E-state index contributed by atoms with van der Waals surface area (Å²) in [7, 11) is 1.24. The van der Waals surface area contributed by atoms with Gasteiger partial charge in [-0.25, -0.2) is 4.79 Å². The van der Waals surface area contributed by atoms with E-state index in [1.54, 1.807) is 25.5 Å². The quantitative estimate of drug-likeness (QED) is 0.762. The molecule has 18 heavy (non-hydrogen) atoms. The zero-order chi connectivity index (χ0) is 13.4. The van der Waals surface area contributed by atoms with Crippen molar-refractivity contribution in [3.8, 4) is 0 Å². The van der Waals surface area contributed by atoms with E-state index in [9.17, 15) is 9.59 Å². The van der Waals surface area contributed by atoms with E-state index in [4.69, 9.17) is 0 Å². The van der Waals surface area contributed by atoms with Crippen molar-refractivity contribution >= 4 is 12.0 Å². The molecule has 0 aliphatic rings. The molecule has 7 nitrogen and oxygen atoms in total. The number of methoxy groups -OCH3 is 1. The van der Waals surface area contributed by atoms with Crippen molar-refractivity contribution in [1.29, 1.82) is 0 Å². The lowest BCUT2D eigenvalue weighted by Crippen LogP contribution is -2.45. The highest BCUT2D eigenvalue weighted by molar-refractivity contribution is 5.85. The van der Waals surface area contributed by atoms with E-state index in [1.165, 1.54) is 7.11 Å². The number of carbonyl (C=O) groups excluding carboxylic acids is 2. The minimum absolute atomic E-state index is 0.274. The number of carbonyl (C=O) groups is 2. The summed E-state index contributed by atoms with van der Waals surface area (Å²) >= 11 is 0. The van der Waals surface area contributed by atoms with Crippen LogP contribution in [0, 0.1) is 0 Å². The second kappa shape index (κ2) is 7.21. The third-order valence-corrected chi connectivity index (χ3v) is 2.21. The molecule has 1 aromatic rings. The van der Waals surface area contributed by atoms with Gasteiger partial charge in [-0.15, -0.1) is 0 Å². The first-order valence-electron chi connectivity index (χ1n) is 5.50. The first-order valence-corrected chi connectivity index (χ1v) is 5.50. The second-order valence-electron chi connectivity index (χ2n) is 3.60. The molecule has 1 heterocycles. The van der Waals surface area contributed by atoms with Crippen LogP contribution in [0.3, 0.4) is 0 Å². The van der Waals surface area contributed by atoms with Crippen molar-refractivity contribution in [2.45, 2.75) is 19.4 Å². The maximum absolute atomic E-state index is 11.6. The summed E-state index contributed by atoms with van der Waals surface area (Å²) in [4.78, 5) is 30.5. The monoisotopic (exact) mass is 252 g/mol. The summed E-state index contributed by atoms with van der Waals surface area (Å²) in [6.07, 6.45) is 4.78. The number of hydrogen-bond acceptors (Lipinski definition) is 5. The van der Waals surface area contributed by atoms with Gasteiger partial charge in [-0.1, -0.05) is 0 Å². The van der Waals surface area contributed by atoms with E-state index in [1.807, 2.05) is 0 Å². The number of rotatable bonds is 5. The lowest BCUT2D eigenvalue weighted by atomic mass is 10.3. The third-order valence-electron chi connectivity index (χ3n) is 2.21. The molecule has 0 fully saturated rings. The number of aromatic nitrogens is 2. The van der Waals surface area contributed by atoms with Crippen LogP contribution >= 0.6 is 0 Å². The Morgan fingerprint density at radius 3 is 2.83 bits per heavy atom. The molecule has 0 spiro atoms. The van der Waals surface area contributed by atoms with Crippen LogP contribution in [-0.2, 0) is 16.0 Å². The maximum Gasteiger partial charge on any atom is 0.407 e. The molecule has 0 saturated heterocycles. The first kappa shape index (κ1) is 13.9. The average Bonchev–Trinajstić information content (AvgIpc) is 2.39. The van der Waals surface area contributed by atoms with Gasteiger partial charge in [-0.2, -0.15) is 0 Å². The Morgan fingerprint density at radius 1 is 1.44 bits per heavy atom. The number of ether oxygens (including phenoxy) is 1. The lowest BCUT2D eigenvalue weighted by Gasteiger charge is -2.12. The summed E-state index contributed by atoms with van der Waals surface area (Å²) in [5.41, 5.74) is 0.798. The molecule has 0 aromatic carbocycles. The van der Waals surface area contributed by atoms with Crippen LogP contribution in [0.5, 0.6) is 0 Å². The Labute approximate surface area is 105 Å². The molecule has 0 bridgehead atoms. The molecule has 0 radical (unpaired) electrons. The molecule has 2 N–H and O–H groups in total. The third kappa shape index (κ3) is 4.77. The predicted molar refractivity (Wildman–Crippen MR) is 63.7 cm³/mol. The van der Waals surface area contributed by atoms with Crippen molar-refractivity contribution in [3.05, 3.63) is 24.3 Å². The minimum atomic E-state index is -0.640. The molecule has 98 valence electrons. The second-order valence-corrected chi connectivity index (χ2v) is 3.60. The predicted octanol–water partition coefficient (Wildman–Crippen LogP) is -0.120. The van der Waals surface area contributed by atoms with Crippen molar-refractivity contribution in [3.63, 3.8) is 0 Å². The SMILES string of the molecule is COC(=O)N[C@@H](C)C(=O)NCCc1cnccn1. The molecule has 7 heteroatoms. The lowest BCUT2D eigenvalue weighted by molar-refractivity contribution is -0.122. The summed E-state index contributed by atoms with van der Waals surface area (Å²) in [5, 5.41) is 5.06. The normalized spacial score (nSPS) is 11.4. The van der Waals surface area contributed by atoms with Gasteiger partial charge in [-0.05, 0) is 6.92 Å². The number of alkyl carbamates (subject to hydrolysis) is 1. The molecule has 0 unspecified atom stereocenters. The molecular formula is C11H16N4O3. The van der Waals surface area contributed by atoms with Gasteiger partial charge < -0.3 is 15.4 Å². The van der Waals surface area contributed by atoms with Gasteiger partial charge in [0.2, 0.25) is 5.91 Å². The van der Waals surface area contributed by atoms with Crippen LogP contribution in [0.2, 0.25) is 0 Å². The standard InChI is InChI=1S/C11H16N4O3/c1-8(15-11(17)18-2)10(16)14-4-3-9-7-12-5-6-13-9/h5-8H,3-4H2,1-2H3,(H,14,16)(H,15,17)/t8-/m0/s1. The van der Waals surface area contributed by atoms with Crippen LogP contribution in [0.1, 0.15) is 12.6 Å². The topological polar surface area (TPSA) is 93.2 Å². The molecule has 0 aliphatic heterocycles. The fourth-order valence-electron chi connectivity index (χ4n) is 1.23. The van der Waals surface area contributed by atoms with Gasteiger partial charge in [-0.3, -0.25) is 14.8 Å². The van der Waals surface area contributed by atoms with Crippen LogP contribution in [0.25, 0.3) is 0 Å². The van der Waals surface area contributed by atoms with Crippen LogP contribution in [0.15, 0.2) is 18.6 Å². The van der Waals surface area contributed by atoms with E-state index >= 15 is 0 Å². The van der Waals surface area contributed by atoms with Gasteiger partial charge in [0.25, 0.3) is 0 Å². The number of hydrogen-bond donors (Lipinski definition) is 2. The van der Waals surface area contributed by atoms with Gasteiger partial charge in [0.05, 0.1) is 12.8 Å². The van der Waals surface area contributed by atoms with Crippen molar-refractivity contribution in [2.75, 3.05) is 13.7 Å². The Kier molecular flexibility index (Phi) is 5.56. The summed E-state index contributed by atoms with van der Waals surface area (Å²) in [6, 6.07) is -0.640. The van der Waals surface area contributed by atoms with Gasteiger partial charge in [0.1, 0.15) is 6.04 Å². The molecule has 2 amide bonds. The fourth-order valence-corrected chi connectivity index (χ4v) is 1.23. The highest BCUT2D eigenvalue weighted by Gasteiger charge is 2.14. The molecule has 1 aromatic heterocycles. The summed E-state index contributed by atoms with van der Waals surface area (Å²) < 4.78 is 4.40. The largest absolute Gasteiger partial charge is 0.453 e. The van der Waals surface area contributed by atoms with E-state index in [0.29, 0.717) is 13.0 Å². The van der Waals surface area contributed by atoms with Crippen LogP contribution < -0.4 is 10.6 Å². The zero-order valence-electron chi connectivity index (χ0n) is 10.3. The van der Waals surface area contributed by atoms with Crippen molar-refractivity contribution < 1.29 is 14.3 Å². The first-order chi connectivity index (χ1) is 8.63. The molecule has 0 saturated carbocycles. The highest BCUT2D eigenvalue weighted by atomic mass is 16.5. The molecule has 1 rings (SSSR count). The fraction of sp³-hybridized carbons (Fsp3) is 0.455. The minimum Gasteiger partial charge on any atom is -0.453 e. The molecule has 0 aliphatic carbocycles. The Hall–Kier alpha value is -2.18. The van der Waals surface area contributed by atoms with Crippen molar-refractivity contribution in [1.82, 2.24) is 20.6 Å². The average molecular weight is 252 g/mol. The molecular weight excluding hydrogens is 236 g/mol. The number of nitrogens with one attached hydrogen (secondary N) is 2. The summed E-state index contributed by atoms with van der Waals surface area (Å²) in [5.74, 6) is -0.274.